The molecule has 82 valence electrons. The van der Waals surface area contributed by atoms with Gasteiger partial charge in [-0.2, -0.15) is 0 Å². The fraction of sp³-hybridized carbons (Fsp3) is 1.00. The van der Waals surface area contributed by atoms with Crippen LogP contribution in [0.25, 0.3) is 0 Å². The SMILES string of the molecule is C[Si](C)(OC1CCCC1)C1CCCC1. The second-order valence-electron chi connectivity index (χ2n) is 5.61. The van der Waals surface area contributed by atoms with E-state index in [4.69, 9.17) is 4.43 Å². The Bertz CT molecular complexity index is 179. The Labute approximate surface area is 89.4 Å². The average Bonchev–Trinajstić information content (AvgIpc) is 2.71. The highest BCUT2D eigenvalue weighted by Crippen LogP contribution is 2.40. The standard InChI is InChI=1S/C12H24OSi/c1-14(2,12-9-5-6-10-12)13-11-7-3-4-8-11/h11-12H,3-10H2,1-2H3. The third kappa shape index (κ3) is 2.40. The second kappa shape index (κ2) is 4.36. The lowest BCUT2D eigenvalue weighted by Crippen LogP contribution is -2.38. The van der Waals surface area contributed by atoms with E-state index >= 15 is 0 Å². The van der Waals surface area contributed by atoms with Crippen LogP contribution in [0.4, 0.5) is 0 Å². The number of rotatable bonds is 3. The Balaban J connectivity index is 1.86. The molecule has 0 N–H and O–H groups in total. The first-order valence-corrected chi connectivity index (χ1v) is 9.35. The zero-order chi connectivity index (χ0) is 10.0. The van der Waals surface area contributed by atoms with Gasteiger partial charge in [-0.05, 0) is 31.5 Å². The zero-order valence-electron chi connectivity index (χ0n) is 9.72. The molecule has 0 amide bonds. The molecule has 0 heterocycles. The maximum absolute atomic E-state index is 6.42. The highest BCUT2D eigenvalue weighted by atomic mass is 28.4. The molecule has 0 atom stereocenters. The number of hydrogen-bond donors (Lipinski definition) is 0. The molecule has 2 aliphatic carbocycles. The molecule has 0 aromatic carbocycles. The molecule has 0 aliphatic heterocycles. The van der Waals surface area contributed by atoms with Gasteiger partial charge in [-0.25, -0.2) is 0 Å². The summed E-state index contributed by atoms with van der Waals surface area (Å²) in [4.78, 5) is 0. The van der Waals surface area contributed by atoms with Crippen molar-refractivity contribution in [3.8, 4) is 0 Å². The van der Waals surface area contributed by atoms with Crippen molar-refractivity contribution in [3.63, 3.8) is 0 Å². The minimum atomic E-state index is -1.34. The van der Waals surface area contributed by atoms with Gasteiger partial charge < -0.3 is 4.43 Å². The van der Waals surface area contributed by atoms with Gasteiger partial charge in [0.2, 0.25) is 0 Å². The normalized spacial score (nSPS) is 26.1. The maximum Gasteiger partial charge on any atom is 0.190 e. The summed E-state index contributed by atoms with van der Waals surface area (Å²) in [6.07, 6.45) is 11.9. The smallest absolute Gasteiger partial charge is 0.190 e. The Morgan fingerprint density at radius 3 is 1.93 bits per heavy atom. The Hall–Kier alpha value is 0.177. The van der Waals surface area contributed by atoms with Crippen LogP contribution in [-0.4, -0.2) is 14.4 Å². The van der Waals surface area contributed by atoms with E-state index in [9.17, 15) is 0 Å². The maximum atomic E-state index is 6.42. The van der Waals surface area contributed by atoms with E-state index in [0.29, 0.717) is 6.10 Å². The van der Waals surface area contributed by atoms with Crippen LogP contribution in [0, 0.1) is 0 Å². The summed E-state index contributed by atoms with van der Waals surface area (Å²) in [6, 6.07) is 0. The molecule has 2 saturated carbocycles. The van der Waals surface area contributed by atoms with Crippen LogP contribution in [0.2, 0.25) is 18.6 Å². The molecule has 0 aromatic heterocycles. The van der Waals surface area contributed by atoms with Gasteiger partial charge in [-0.1, -0.05) is 38.5 Å². The molecule has 0 spiro atoms. The van der Waals surface area contributed by atoms with Crippen LogP contribution in [-0.2, 0) is 4.43 Å². The molecule has 1 nitrogen and oxygen atoms in total. The molecule has 0 bridgehead atoms. The van der Waals surface area contributed by atoms with Crippen molar-refractivity contribution in [2.24, 2.45) is 0 Å². The average molecular weight is 212 g/mol. The number of hydrogen-bond acceptors (Lipinski definition) is 1. The quantitative estimate of drug-likeness (QED) is 0.640. The fourth-order valence-corrected chi connectivity index (χ4v) is 6.24. The van der Waals surface area contributed by atoms with Crippen molar-refractivity contribution >= 4 is 8.32 Å². The van der Waals surface area contributed by atoms with Crippen molar-refractivity contribution in [3.05, 3.63) is 0 Å². The van der Waals surface area contributed by atoms with Crippen molar-refractivity contribution in [1.29, 1.82) is 0 Å². The highest BCUT2D eigenvalue weighted by molar-refractivity contribution is 6.72. The summed E-state index contributed by atoms with van der Waals surface area (Å²) in [5.74, 6) is 0. The van der Waals surface area contributed by atoms with Crippen molar-refractivity contribution in [2.45, 2.75) is 76.1 Å². The minimum absolute atomic E-state index is 0.636. The lowest BCUT2D eigenvalue weighted by molar-refractivity contribution is 0.194. The van der Waals surface area contributed by atoms with E-state index in [1.165, 1.54) is 51.4 Å². The highest BCUT2D eigenvalue weighted by Gasteiger charge is 2.37. The largest absolute Gasteiger partial charge is 0.414 e. The molecule has 14 heavy (non-hydrogen) atoms. The molecule has 2 fully saturated rings. The molecule has 2 heteroatoms. The van der Waals surface area contributed by atoms with Gasteiger partial charge in [0.1, 0.15) is 0 Å². The molecular formula is C12H24OSi. The van der Waals surface area contributed by atoms with Gasteiger partial charge >= 0.3 is 0 Å². The predicted molar refractivity (Wildman–Crippen MR) is 63.0 cm³/mol. The van der Waals surface area contributed by atoms with E-state index in [0.717, 1.165) is 5.54 Å². The molecule has 0 radical (unpaired) electrons. The van der Waals surface area contributed by atoms with Gasteiger partial charge in [0, 0.05) is 6.10 Å². The minimum Gasteiger partial charge on any atom is -0.414 e. The summed E-state index contributed by atoms with van der Waals surface area (Å²) in [5.41, 5.74) is 0.961. The molecule has 0 saturated heterocycles. The third-order valence-corrected chi connectivity index (χ3v) is 7.60. The Morgan fingerprint density at radius 2 is 1.36 bits per heavy atom. The van der Waals surface area contributed by atoms with Crippen LogP contribution in [0.1, 0.15) is 51.4 Å². The lowest BCUT2D eigenvalue weighted by atomic mass is 10.3. The molecule has 2 aliphatic rings. The van der Waals surface area contributed by atoms with Crippen LogP contribution in [0.5, 0.6) is 0 Å². The summed E-state index contributed by atoms with van der Waals surface area (Å²) < 4.78 is 6.42. The molecule has 0 unspecified atom stereocenters. The summed E-state index contributed by atoms with van der Waals surface area (Å²) in [6.45, 7) is 4.89. The van der Waals surface area contributed by atoms with E-state index < -0.39 is 8.32 Å². The lowest BCUT2D eigenvalue weighted by Gasteiger charge is -2.32. The topological polar surface area (TPSA) is 9.23 Å². The monoisotopic (exact) mass is 212 g/mol. The van der Waals surface area contributed by atoms with E-state index in [1.807, 2.05) is 0 Å². The zero-order valence-corrected chi connectivity index (χ0v) is 10.7. The first-order chi connectivity index (χ1) is 6.68. The Morgan fingerprint density at radius 1 is 0.857 bits per heavy atom. The Kier molecular flexibility index (Phi) is 3.33. The van der Waals surface area contributed by atoms with Crippen molar-refractivity contribution in [2.75, 3.05) is 0 Å². The van der Waals surface area contributed by atoms with Gasteiger partial charge in [0.05, 0.1) is 0 Å². The summed E-state index contributed by atoms with van der Waals surface area (Å²) >= 11 is 0. The van der Waals surface area contributed by atoms with E-state index in [1.54, 1.807) is 0 Å². The summed E-state index contributed by atoms with van der Waals surface area (Å²) in [7, 11) is -1.34. The van der Waals surface area contributed by atoms with Gasteiger partial charge in [-0.15, -0.1) is 0 Å². The van der Waals surface area contributed by atoms with Crippen molar-refractivity contribution < 1.29 is 4.43 Å². The van der Waals surface area contributed by atoms with Crippen LogP contribution in [0.15, 0.2) is 0 Å². The molecule has 2 rings (SSSR count). The second-order valence-corrected chi connectivity index (χ2v) is 9.87. The first kappa shape index (κ1) is 10.7. The van der Waals surface area contributed by atoms with Crippen LogP contribution >= 0.6 is 0 Å². The predicted octanol–water partition coefficient (Wildman–Crippen LogP) is 4.09. The van der Waals surface area contributed by atoms with E-state index in [2.05, 4.69) is 13.1 Å². The van der Waals surface area contributed by atoms with Crippen LogP contribution in [0.3, 0.4) is 0 Å². The van der Waals surface area contributed by atoms with Crippen molar-refractivity contribution in [1.82, 2.24) is 0 Å². The molecular weight excluding hydrogens is 188 g/mol. The summed E-state index contributed by atoms with van der Waals surface area (Å²) in [5, 5.41) is 0. The molecule has 0 aromatic rings. The fourth-order valence-electron chi connectivity index (χ4n) is 3.15. The van der Waals surface area contributed by atoms with E-state index in [-0.39, 0.29) is 0 Å². The third-order valence-electron chi connectivity index (χ3n) is 4.11. The van der Waals surface area contributed by atoms with Gasteiger partial charge in [0.15, 0.2) is 8.32 Å². The van der Waals surface area contributed by atoms with Gasteiger partial charge in [-0.3, -0.25) is 0 Å². The van der Waals surface area contributed by atoms with Gasteiger partial charge in [0.25, 0.3) is 0 Å². The first-order valence-electron chi connectivity index (χ1n) is 6.36. The van der Waals surface area contributed by atoms with Crippen LogP contribution < -0.4 is 0 Å².